The summed E-state index contributed by atoms with van der Waals surface area (Å²) < 4.78 is 61.9. The Balaban J connectivity index is 1.48. The molecule has 2 aromatic rings. The minimum absolute atomic E-state index is 0.0198. The zero-order valence-electron chi connectivity index (χ0n) is 29.6. The Morgan fingerprint density at radius 3 is 2.38 bits per heavy atom. The van der Waals surface area contributed by atoms with Crippen molar-refractivity contribution in [3.05, 3.63) is 12.7 Å². The number of phosphoric ester groups is 3. The lowest BCUT2D eigenvalue weighted by Crippen LogP contribution is -2.46. The average Bonchev–Trinajstić information content (AvgIpc) is 3.64. The molecule has 2 amide bonds. The van der Waals surface area contributed by atoms with Gasteiger partial charge in [-0.3, -0.25) is 37.3 Å². The van der Waals surface area contributed by atoms with Crippen LogP contribution in [0.3, 0.4) is 0 Å². The van der Waals surface area contributed by atoms with Crippen molar-refractivity contribution in [1.82, 2.24) is 30.2 Å². The van der Waals surface area contributed by atoms with Gasteiger partial charge in [-0.1, -0.05) is 25.6 Å². The number of ether oxygens (including phenoxy) is 1. The summed E-state index contributed by atoms with van der Waals surface area (Å²) in [6.07, 6.45) is -7.57. The molecule has 0 aromatic carbocycles. The highest BCUT2D eigenvalue weighted by atomic mass is 32.2. The van der Waals surface area contributed by atoms with E-state index in [1.54, 1.807) is 0 Å². The first-order valence-electron chi connectivity index (χ1n) is 16.1. The molecule has 0 radical (unpaired) electrons. The van der Waals surface area contributed by atoms with Gasteiger partial charge < -0.3 is 56.0 Å². The molecule has 56 heavy (non-hydrogen) atoms. The summed E-state index contributed by atoms with van der Waals surface area (Å²) in [5.41, 5.74) is 4.20. The molecule has 0 spiro atoms. The van der Waals surface area contributed by atoms with Crippen molar-refractivity contribution in [3.8, 4) is 0 Å². The van der Waals surface area contributed by atoms with E-state index in [-0.39, 0.29) is 61.7 Å². The number of ketones is 1. The normalized spacial score (nSPS) is 21.6. The second-order valence-electron chi connectivity index (χ2n) is 12.5. The summed E-state index contributed by atoms with van der Waals surface area (Å²) in [6.45, 7) is -0.165. The van der Waals surface area contributed by atoms with Gasteiger partial charge in [-0.2, -0.15) is 4.31 Å². The number of Topliss-reactive ketones (excluding diaryl/α,β-unsaturated/α-hetero) is 1. The van der Waals surface area contributed by atoms with Gasteiger partial charge in [0, 0.05) is 43.7 Å². The number of nitrogens with zero attached hydrogens (tertiary/aromatic N) is 4. The van der Waals surface area contributed by atoms with Gasteiger partial charge in [0.25, 0.3) is 0 Å². The van der Waals surface area contributed by atoms with Crippen molar-refractivity contribution in [2.45, 2.75) is 63.8 Å². The van der Waals surface area contributed by atoms with Crippen molar-refractivity contribution in [3.63, 3.8) is 0 Å². The molecule has 11 N–H and O–H groups in total. The number of nitrogens with two attached hydrogens (primary N) is 1. The number of hydrogen-bond acceptors (Lipinski definition) is 20. The van der Waals surface area contributed by atoms with E-state index in [4.69, 9.17) is 24.6 Å². The first-order valence-corrected chi connectivity index (χ1v) is 21.6. The third kappa shape index (κ3) is 14.5. The lowest BCUT2D eigenvalue weighted by molar-refractivity contribution is -0.137. The van der Waals surface area contributed by atoms with Gasteiger partial charge in [0.2, 0.25) is 11.8 Å². The second-order valence-corrected chi connectivity index (χ2v) is 17.9. The van der Waals surface area contributed by atoms with Crippen LogP contribution in [0.5, 0.6) is 0 Å². The fraction of sp³-hybridized carbons (Fsp3) is 0.654. The number of aromatic nitrogens is 4. The SMILES string of the molecule is CC(C)(COP(=O)(O)OP(=O)(O)OC[C@H]1O[C@@H](n2cnc3c(N)ncnc32)[C@H](O)[C@@H]1OP(=O)(O)O)C(O)C(=O)NCCC(=O)NCCSC(=O)CC(=O)CCO. The fourth-order valence-electron chi connectivity index (χ4n) is 4.72. The summed E-state index contributed by atoms with van der Waals surface area (Å²) in [4.78, 5) is 98.4. The maximum Gasteiger partial charge on any atom is 0.481 e. The van der Waals surface area contributed by atoms with Crippen LogP contribution in [0.25, 0.3) is 11.2 Å². The van der Waals surface area contributed by atoms with E-state index in [0.717, 1.165) is 29.0 Å². The lowest BCUT2D eigenvalue weighted by Gasteiger charge is -2.30. The van der Waals surface area contributed by atoms with Gasteiger partial charge in [-0.05, 0) is 0 Å². The number of imidazole rings is 1. The molecule has 0 bridgehead atoms. The molecule has 3 unspecified atom stereocenters. The zero-order chi connectivity index (χ0) is 42.1. The smallest absolute Gasteiger partial charge is 0.396 e. The summed E-state index contributed by atoms with van der Waals surface area (Å²) in [5, 5.41) is 34.4. The van der Waals surface area contributed by atoms with Crippen LogP contribution in [0.2, 0.25) is 0 Å². The van der Waals surface area contributed by atoms with Gasteiger partial charge in [0.05, 0.1) is 26.0 Å². The van der Waals surface area contributed by atoms with Crippen LogP contribution in [-0.2, 0) is 55.5 Å². The highest BCUT2D eigenvalue weighted by molar-refractivity contribution is 8.13. The minimum Gasteiger partial charge on any atom is -0.396 e. The Bertz CT molecular complexity index is 1860. The van der Waals surface area contributed by atoms with Gasteiger partial charge in [0.15, 0.2) is 22.8 Å². The van der Waals surface area contributed by atoms with E-state index < -0.39 is 95.5 Å². The topological polar surface area (TPSA) is 401 Å². The average molecular weight is 882 g/mol. The second kappa shape index (κ2) is 20.2. The Morgan fingerprint density at radius 2 is 1.71 bits per heavy atom. The van der Waals surface area contributed by atoms with Gasteiger partial charge >= 0.3 is 23.5 Å². The van der Waals surface area contributed by atoms with E-state index >= 15 is 0 Å². The number of aliphatic hydroxyl groups is 3. The van der Waals surface area contributed by atoms with Crippen molar-refractivity contribution in [1.29, 1.82) is 0 Å². The minimum atomic E-state index is -5.59. The molecule has 30 heteroatoms. The first-order chi connectivity index (χ1) is 25.9. The number of carbonyl (C=O) groups excluding carboxylic acids is 4. The van der Waals surface area contributed by atoms with Crippen LogP contribution in [-0.4, -0.2) is 140 Å². The zero-order valence-corrected chi connectivity index (χ0v) is 33.1. The molecule has 3 rings (SSSR count). The molecule has 1 saturated heterocycles. The van der Waals surface area contributed by atoms with E-state index in [0.29, 0.717) is 0 Å². The number of thioether (sulfide) groups is 1. The van der Waals surface area contributed by atoms with Gasteiger partial charge in [-0.25, -0.2) is 28.6 Å². The Hall–Kier alpha value is -2.81. The summed E-state index contributed by atoms with van der Waals surface area (Å²) in [7, 11) is -16.4. The van der Waals surface area contributed by atoms with E-state index in [9.17, 15) is 62.7 Å². The fourth-order valence-corrected chi connectivity index (χ4v) is 8.24. The quantitative estimate of drug-likeness (QED) is 0.0328. The molecule has 0 saturated carbocycles. The highest BCUT2D eigenvalue weighted by Crippen LogP contribution is 2.61. The van der Waals surface area contributed by atoms with E-state index in [1.807, 2.05) is 0 Å². The van der Waals surface area contributed by atoms with Gasteiger partial charge in [0.1, 0.15) is 42.0 Å². The molecule has 7 atom stereocenters. The Labute approximate surface area is 321 Å². The van der Waals surface area contributed by atoms with Crippen LogP contribution in [0.4, 0.5) is 5.82 Å². The number of carbonyl (C=O) groups is 4. The molecular weight excluding hydrogens is 839 g/mol. The molecule has 26 nitrogen and oxygen atoms in total. The molecule has 1 aliphatic heterocycles. The molecule has 1 fully saturated rings. The number of amides is 2. The number of aliphatic hydroxyl groups excluding tert-OH is 3. The van der Waals surface area contributed by atoms with Crippen LogP contribution in [0.1, 0.15) is 39.3 Å². The van der Waals surface area contributed by atoms with Crippen LogP contribution >= 0.6 is 35.2 Å². The first kappa shape index (κ1) is 47.6. The third-order valence-electron chi connectivity index (χ3n) is 7.50. The molecule has 2 aromatic heterocycles. The van der Waals surface area contributed by atoms with Crippen LogP contribution in [0, 0.1) is 5.41 Å². The maximum atomic E-state index is 12.7. The van der Waals surface area contributed by atoms with E-state index in [2.05, 4.69) is 34.4 Å². The number of fused-ring (bicyclic) bond motifs is 1. The number of hydrogen-bond donors (Lipinski definition) is 10. The maximum absolute atomic E-state index is 12.7. The lowest BCUT2D eigenvalue weighted by atomic mass is 9.87. The van der Waals surface area contributed by atoms with Crippen LogP contribution in [0.15, 0.2) is 12.7 Å². The highest BCUT2D eigenvalue weighted by Gasteiger charge is 2.50. The summed E-state index contributed by atoms with van der Waals surface area (Å²) in [6, 6.07) is 0. The van der Waals surface area contributed by atoms with Gasteiger partial charge in [-0.15, -0.1) is 0 Å². The largest absolute Gasteiger partial charge is 0.481 e. The molecule has 1 aliphatic rings. The monoisotopic (exact) mass is 881 g/mol. The van der Waals surface area contributed by atoms with Crippen molar-refractivity contribution in [2.75, 3.05) is 44.4 Å². The number of nitrogen functional groups attached to an aromatic ring is 1. The third-order valence-corrected chi connectivity index (χ3v) is 11.5. The number of anilines is 1. The van der Waals surface area contributed by atoms with Crippen molar-refractivity contribution in [2.24, 2.45) is 5.41 Å². The molecular formula is C26H42N7O19P3S. The van der Waals surface area contributed by atoms with Crippen molar-refractivity contribution < 1.29 is 90.4 Å². The predicted octanol–water partition coefficient (Wildman–Crippen LogP) is -1.99. The number of rotatable bonds is 23. The predicted molar refractivity (Wildman–Crippen MR) is 188 cm³/mol. The summed E-state index contributed by atoms with van der Waals surface area (Å²) >= 11 is 0.822. The Morgan fingerprint density at radius 1 is 1.04 bits per heavy atom. The molecule has 0 aliphatic carbocycles. The Kier molecular flexibility index (Phi) is 17.2. The number of nitrogens with one attached hydrogen (secondary N) is 2. The molecule has 316 valence electrons. The van der Waals surface area contributed by atoms with Crippen LogP contribution < -0.4 is 16.4 Å². The molecule has 3 heterocycles. The van der Waals surface area contributed by atoms with E-state index in [1.165, 1.54) is 13.8 Å². The van der Waals surface area contributed by atoms with Crippen molar-refractivity contribution >= 4 is 74.9 Å². The standard InChI is InChI=1S/C26H42N7O19P3S/c1-26(2,21(39)24(40)29-5-3-16(36)28-6-8-56-17(37)9-14(35)4-7-34)11-49-55(46,47)52-54(44,45)48-10-15-20(51-53(41,42)43)19(38)25(50-15)33-13-32-18-22(27)30-12-31-23(18)33/h12-13,15,19-21,25,34,38-39H,3-11H2,1-2H3,(H,28,36)(H,29,40)(H,44,45)(H,46,47)(H2,27,30,31)(H2,41,42,43)/t15-,19-,20-,21?,25-/m1/s1. The number of phosphoric acid groups is 3. The summed E-state index contributed by atoms with van der Waals surface area (Å²) in [5.74, 6) is -1.84.